The van der Waals surface area contributed by atoms with Gasteiger partial charge in [-0.25, -0.2) is 4.98 Å². The zero-order valence-corrected chi connectivity index (χ0v) is 25.4. The van der Waals surface area contributed by atoms with Crippen molar-refractivity contribution < 1.29 is 24.2 Å². The van der Waals surface area contributed by atoms with Gasteiger partial charge in [0.25, 0.3) is 0 Å². The maximum absolute atomic E-state index is 13.8. The second kappa shape index (κ2) is 13.4. The molecule has 2 aromatic rings. The molecule has 1 unspecified atom stereocenters. The van der Waals surface area contributed by atoms with Crippen molar-refractivity contribution in [1.82, 2.24) is 25.8 Å². The highest BCUT2D eigenvalue weighted by atomic mass is 32.1. The van der Waals surface area contributed by atoms with E-state index < -0.39 is 23.6 Å². The van der Waals surface area contributed by atoms with Gasteiger partial charge in [-0.15, -0.1) is 11.3 Å². The number of nitrogens with zero attached hydrogens (tertiary/aromatic N) is 2. The van der Waals surface area contributed by atoms with Gasteiger partial charge in [-0.2, -0.15) is 0 Å². The van der Waals surface area contributed by atoms with Crippen molar-refractivity contribution >= 4 is 29.1 Å². The number of hydrogen-bond acceptors (Lipinski definition) is 8. The van der Waals surface area contributed by atoms with E-state index in [-0.39, 0.29) is 49.4 Å². The van der Waals surface area contributed by atoms with Crippen LogP contribution >= 0.6 is 11.3 Å². The van der Waals surface area contributed by atoms with Gasteiger partial charge in [0.15, 0.2) is 0 Å². The highest BCUT2D eigenvalue weighted by molar-refractivity contribution is 7.13. The molecule has 41 heavy (non-hydrogen) atoms. The number of ether oxygens (including phenoxy) is 1. The Bertz CT molecular complexity index is 1200. The Morgan fingerprint density at radius 3 is 2.56 bits per heavy atom. The number of aliphatic hydroxyl groups excluding tert-OH is 1. The van der Waals surface area contributed by atoms with Gasteiger partial charge in [0.1, 0.15) is 18.7 Å². The van der Waals surface area contributed by atoms with Crippen LogP contribution in [0.25, 0.3) is 10.4 Å². The molecule has 0 saturated carbocycles. The predicted octanol–water partition coefficient (Wildman–Crippen LogP) is 2.56. The predicted molar refractivity (Wildman–Crippen MR) is 158 cm³/mol. The standard InChI is InChI=1S/C30H43N5O5S/c1-18(20-8-10-21(11-9-20)26-19(2)32-17-41-26)33-28(38)24-13-22(36)15-35(24)29(39)27(30(3,4)5)34-25(37)16-40-23-7-6-12-31-14-23/h8-11,17-18,22-24,27,31,36H,6-7,12-16H2,1-5H3,(H,33,38)(H,34,37)/t18-,22+,23?,24-,27+/m0/s1. The lowest BCUT2D eigenvalue weighted by Gasteiger charge is -2.35. The number of amides is 3. The highest BCUT2D eigenvalue weighted by Crippen LogP contribution is 2.29. The van der Waals surface area contributed by atoms with E-state index in [0.29, 0.717) is 6.54 Å². The van der Waals surface area contributed by atoms with Crippen molar-refractivity contribution in [3.05, 3.63) is 41.0 Å². The van der Waals surface area contributed by atoms with Crippen LogP contribution in [0.4, 0.5) is 0 Å². The van der Waals surface area contributed by atoms with E-state index in [1.807, 2.05) is 64.4 Å². The molecule has 1 aromatic heterocycles. The summed E-state index contributed by atoms with van der Waals surface area (Å²) in [6.45, 7) is 11.0. The van der Waals surface area contributed by atoms with Crippen molar-refractivity contribution in [2.24, 2.45) is 5.41 Å². The Kier molecular flexibility index (Phi) is 10.2. The zero-order valence-electron chi connectivity index (χ0n) is 24.6. The third-order valence-electron chi connectivity index (χ3n) is 7.76. The van der Waals surface area contributed by atoms with Gasteiger partial charge >= 0.3 is 0 Å². The van der Waals surface area contributed by atoms with Crippen LogP contribution in [0, 0.1) is 12.3 Å². The van der Waals surface area contributed by atoms with Gasteiger partial charge in [-0.1, -0.05) is 45.0 Å². The molecule has 2 aliphatic heterocycles. The van der Waals surface area contributed by atoms with Crippen LogP contribution in [0.2, 0.25) is 0 Å². The molecule has 4 N–H and O–H groups in total. The Morgan fingerprint density at radius 2 is 1.95 bits per heavy atom. The summed E-state index contributed by atoms with van der Waals surface area (Å²) in [5, 5.41) is 19.6. The molecule has 2 fully saturated rings. The number of thiazole rings is 1. The molecule has 3 amide bonds. The molecule has 0 bridgehead atoms. The first-order valence-corrected chi connectivity index (χ1v) is 15.2. The fraction of sp³-hybridized carbons (Fsp3) is 0.600. The number of piperidine rings is 1. The quantitative estimate of drug-likeness (QED) is 0.356. The number of hydrogen-bond donors (Lipinski definition) is 4. The van der Waals surface area contributed by atoms with Crippen LogP contribution in [0.3, 0.4) is 0 Å². The van der Waals surface area contributed by atoms with Crippen LogP contribution in [0.1, 0.15) is 64.3 Å². The van der Waals surface area contributed by atoms with Gasteiger partial charge in [-0.05, 0) is 49.8 Å². The number of carbonyl (C=O) groups is 3. The Morgan fingerprint density at radius 1 is 1.22 bits per heavy atom. The second-order valence-electron chi connectivity index (χ2n) is 12.2. The summed E-state index contributed by atoms with van der Waals surface area (Å²) in [5.41, 5.74) is 4.17. The smallest absolute Gasteiger partial charge is 0.246 e. The molecule has 0 radical (unpaired) electrons. The molecule has 1 aromatic carbocycles. The Balaban J connectivity index is 1.39. The number of rotatable bonds is 9. The average molecular weight is 586 g/mol. The Hall–Kier alpha value is -2.86. The first-order valence-electron chi connectivity index (χ1n) is 14.3. The largest absolute Gasteiger partial charge is 0.391 e. The second-order valence-corrected chi connectivity index (χ2v) is 13.0. The topological polar surface area (TPSA) is 133 Å². The van der Waals surface area contributed by atoms with Crippen LogP contribution < -0.4 is 16.0 Å². The molecular weight excluding hydrogens is 542 g/mol. The first-order chi connectivity index (χ1) is 19.4. The molecule has 10 nitrogen and oxygen atoms in total. The van der Waals surface area contributed by atoms with E-state index in [1.54, 1.807) is 11.3 Å². The lowest BCUT2D eigenvalue weighted by atomic mass is 9.85. The molecule has 5 atom stereocenters. The summed E-state index contributed by atoms with van der Waals surface area (Å²) >= 11 is 1.59. The highest BCUT2D eigenvalue weighted by Gasteiger charge is 2.44. The number of nitrogens with one attached hydrogen (secondary N) is 3. The van der Waals surface area contributed by atoms with E-state index in [2.05, 4.69) is 20.9 Å². The van der Waals surface area contributed by atoms with Gasteiger partial charge in [0, 0.05) is 19.5 Å². The summed E-state index contributed by atoms with van der Waals surface area (Å²) in [6, 6.07) is 5.94. The number of aryl methyl sites for hydroxylation is 1. The fourth-order valence-corrected chi connectivity index (χ4v) is 6.19. The average Bonchev–Trinajstić information content (AvgIpc) is 3.55. The normalized spacial score (nSPS) is 22.7. The summed E-state index contributed by atoms with van der Waals surface area (Å²) in [4.78, 5) is 46.8. The van der Waals surface area contributed by atoms with E-state index in [4.69, 9.17) is 4.74 Å². The van der Waals surface area contributed by atoms with Gasteiger partial charge in [0.2, 0.25) is 17.7 Å². The molecule has 224 valence electrons. The van der Waals surface area contributed by atoms with Gasteiger partial charge in [-0.3, -0.25) is 14.4 Å². The summed E-state index contributed by atoms with van der Waals surface area (Å²) in [6.07, 6.45) is 1.16. The van der Waals surface area contributed by atoms with Crippen molar-refractivity contribution in [1.29, 1.82) is 0 Å². The minimum absolute atomic E-state index is 0.0287. The van der Waals surface area contributed by atoms with Crippen molar-refractivity contribution in [3.8, 4) is 10.4 Å². The maximum atomic E-state index is 13.8. The maximum Gasteiger partial charge on any atom is 0.246 e. The van der Waals surface area contributed by atoms with E-state index in [1.165, 1.54) is 4.90 Å². The number of likely N-dealkylation sites (tertiary alicyclic amines) is 1. The first kappa shape index (κ1) is 31.1. The zero-order chi connectivity index (χ0) is 29.7. The molecule has 4 rings (SSSR count). The molecule has 2 aliphatic rings. The summed E-state index contributed by atoms with van der Waals surface area (Å²) in [7, 11) is 0. The summed E-state index contributed by atoms with van der Waals surface area (Å²) in [5.74, 6) is -1.11. The molecule has 0 spiro atoms. The number of aromatic nitrogens is 1. The van der Waals surface area contributed by atoms with E-state index in [0.717, 1.165) is 41.1 Å². The lowest BCUT2D eigenvalue weighted by Crippen LogP contribution is -2.58. The molecule has 2 saturated heterocycles. The van der Waals surface area contributed by atoms with Crippen LogP contribution in [0.5, 0.6) is 0 Å². The monoisotopic (exact) mass is 585 g/mol. The number of benzene rings is 1. The minimum Gasteiger partial charge on any atom is -0.391 e. The number of carbonyl (C=O) groups excluding carboxylic acids is 3. The number of aliphatic hydroxyl groups is 1. The minimum atomic E-state index is -0.885. The van der Waals surface area contributed by atoms with Gasteiger partial charge in [0.05, 0.1) is 34.3 Å². The summed E-state index contributed by atoms with van der Waals surface area (Å²) < 4.78 is 5.75. The van der Waals surface area contributed by atoms with Crippen LogP contribution in [-0.2, 0) is 19.1 Å². The SMILES string of the molecule is Cc1ncsc1-c1ccc([C@H](C)NC(=O)[C@@H]2C[C@@H](O)CN2C(=O)[C@@H](NC(=O)COC2CCCNC2)C(C)(C)C)cc1. The number of β-amino-alcohol motifs (C(OH)–C–C–N with tert-alkyl or cyclic N) is 1. The Labute approximate surface area is 246 Å². The molecule has 11 heteroatoms. The fourth-order valence-electron chi connectivity index (χ4n) is 5.37. The van der Waals surface area contributed by atoms with Crippen molar-refractivity contribution in [2.75, 3.05) is 26.2 Å². The third kappa shape index (κ3) is 7.91. The van der Waals surface area contributed by atoms with Crippen LogP contribution in [0.15, 0.2) is 29.8 Å². The molecular formula is C30H43N5O5S. The van der Waals surface area contributed by atoms with Gasteiger partial charge < -0.3 is 30.7 Å². The molecule has 3 heterocycles. The van der Waals surface area contributed by atoms with E-state index in [9.17, 15) is 19.5 Å². The van der Waals surface area contributed by atoms with Crippen molar-refractivity contribution in [2.45, 2.75) is 84.2 Å². The van der Waals surface area contributed by atoms with Crippen LogP contribution in [-0.4, -0.2) is 83.2 Å². The van der Waals surface area contributed by atoms with Crippen molar-refractivity contribution in [3.63, 3.8) is 0 Å². The lowest BCUT2D eigenvalue weighted by molar-refractivity contribution is -0.145. The third-order valence-corrected chi connectivity index (χ3v) is 8.74. The molecule has 0 aliphatic carbocycles. The van der Waals surface area contributed by atoms with E-state index >= 15 is 0 Å².